The Hall–Kier alpha value is -1.56. The zero-order valence-electron chi connectivity index (χ0n) is 10.7. The van der Waals surface area contributed by atoms with Gasteiger partial charge in [0.1, 0.15) is 23.7 Å². The third kappa shape index (κ3) is 2.81. The van der Waals surface area contributed by atoms with Crippen LogP contribution in [0.1, 0.15) is 44.6 Å². The van der Waals surface area contributed by atoms with Crippen LogP contribution in [0.5, 0.6) is 5.75 Å². The van der Waals surface area contributed by atoms with Crippen LogP contribution >= 0.6 is 0 Å². The number of ether oxygens (including phenoxy) is 1. The van der Waals surface area contributed by atoms with Crippen molar-refractivity contribution < 1.29 is 9.13 Å². The van der Waals surface area contributed by atoms with Crippen molar-refractivity contribution in [1.29, 1.82) is 5.26 Å². The monoisotopic (exact) mass is 247 g/mol. The van der Waals surface area contributed by atoms with Gasteiger partial charge in [-0.15, -0.1) is 0 Å². The van der Waals surface area contributed by atoms with Crippen molar-refractivity contribution in [3.8, 4) is 11.8 Å². The quantitative estimate of drug-likeness (QED) is 0.807. The summed E-state index contributed by atoms with van der Waals surface area (Å²) in [5.41, 5.74) is 0.0676. The van der Waals surface area contributed by atoms with Gasteiger partial charge in [-0.25, -0.2) is 4.39 Å². The molecule has 0 saturated heterocycles. The fourth-order valence-electron chi connectivity index (χ4n) is 2.63. The predicted octanol–water partition coefficient (Wildman–Crippen LogP) is 4.04. The fourth-order valence-corrected chi connectivity index (χ4v) is 2.63. The van der Waals surface area contributed by atoms with E-state index in [1.807, 2.05) is 6.07 Å². The van der Waals surface area contributed by atoms with E-state index >= 15 is 0 Å². The van der Waals surface area contributed by atoms with E-state index in [9.17, 15) is 4.39 Å². The normalized spacial score (nSPS) is 23.4. The maximum atomic E-state index is 13.5. The lowest BCUT2D eigenvalue weighted by Crippen LogP contribution is -2.29. The van der Waals surface area contributed by atoms with E-state index in [0.717, 1.165) is 12.8 Å². The summed E-state index contributed by atoms with van der Waals surface area (Å²) in [6, 6.07) is 6.30. The number of halogens is 1. The van der Waals surface area contributed by atoms with E-state index < -0.39 is 5.82 Å². The highest BCUT2D eigenvalue weighted by molar-refractivity contribution is 5.36. The Labute approximate surface area is 107 Å². The van der Waals surface area contributed by atoms with Crippen molar-refractivity contribution in [2.45, 2.75) is 45.1 Å². The lowest BCUT2D eigenvalue weighted by molar-refractivity contribution is 0.0900. The first-order valence-electron chi connectivity index (χ1n) is 6.61. The van der Waals surface area contributed by atoms with Crippen molar-refractivity contribution in [3.05, 3.63) is 29.6 Å². The number of nitriles is 1. The maximum Gasteiger partial charge on any atom is 0.144 e. The van der Waals surface area contributed by atoms with E-state index in [1.54, 1.807) is 6.07 Å². The first kappa shape index (κ1) is 12.9. The Bertz CT molecular complexity index is 452. The number of hydrogen-bond acceptors (Lipinski definition) is 2. The number of rotatable bonds is 3. The highest BCUT2D eigenvalue weighted by atomic mass is 19.1. The molecule has 2 unspecified atom stereocenters. The topological polar surface area (TPSA) is 33.0 Å². The van der Waals surface area contributed by atoms with Crippen LogP contribution < -0.4 is 4.74 Å². The largest absolute Gasteiger partial charge is 0.490 e. The number of benzene rings is 1. The molecule has 0 heterocycles. The van der Waals surface area contributed by atoms with Crippen molar-refractivity contribution in [3.63, 3.8) is 0 Å². The van der Waals surface area contributed by atoms with Gasteiger partial charge in [0.25, 0.3) is 0 Å². The number of hydrogen-bond donors (Lipinski definition) is 0. The zero-order chi connectivity index (χ0) is 13.0. The first-order chi connectivity index (χ1) is 8.74. The molecule has 2 rings (SSSR count). The van der Waals surface area contributed by atoms with Crippen LogP contribution in [0.15, 0.2) is 18.2 Å². The Morgan fingerprint density at radius 2 is 2.17 bits per heavy atom. The minimum absolute atomic E-state index is 0.0676. The van der Waals surface area contributed by atoms with Gasteiger partial charge in [0, 0.05) is 6.07 Å². The second-order valence-corrected chi connectivity index (χ2v) is 4.86. The average Bonchev–Trinajstić information content (AvgIpc) is 2.39. The van der Waals surface area contributed by atoms with Gasteiger partial charge in [0.05, 0.1) is 5.56 Å². The van der Waals surface area contributed by atoms with Crippen LogP contribution in [0.25, 0.3) is 0 Å². The van der Waals surface area contributed by atoms with Crippen LogP contribution in [0, 0.1) is 23.1 Å². The third-order valence-corrected chi connectivity index (χ3v) is 3.71. The molecule has 0 spiro atoms. The number of nitrogens with zero attached hydrogens (tertiary/aromatic N) is 1. The van der Waals surface area contributed by atoms with Gasteiger partial charge in [-0.05, 0) is 43.7 Å². The van der Waals surface area contributed by atoms with Gasteiger partial charge < -0.3 is 4.74 Å². The molecule has 1 fully saturated rings. The Morgan fingerprint density at radius 1 is 1.39 bits per heavy atom. The van der Waals surface area contributed by atoms with Gasteiger partial charge >= 0.3 is 0 Å². The second kappa shape index (κ2) is 5.86. The molecule has 0 radical (unpaired) electrons. The molecule has 0 aliphatic heterocycles. The molecular formula is C15H18FNO. The molecule has 0 N–H and O–H groups in total. The smallest absolute Gasteiger partial charge is 0.144 e. The van der Waals surface area contributed by atoms with Crippen LogP contribution in [0.3, 0.4) is 0 Å². The third-order valence-electron chi connectivity index (χ3n) is 3.71. The Balaban J connectivity index is 2.08. The summed E-state index contributed by atoms with van der Waals surface area (Å²) in [6.07, 6.45) is 5.97. The summed E-state index contributed by atoms with van der Waals surface area (Å²) in [4.78, 5) is 0. The second-order valence-electron chi connectivity index (χ2n) is 4.86. The van der Waals surface area contributed by atoms with E-state index in [0.29, 0.717) is 11.7 Å². The van der Waals surface area contributed by atoms with E-state index in [-0.39, 0.29) is 11.7 Å². The van der Waals surface area contributed by atoms with E-state index in [2.05, 4.69) is 6.92 Å². The summed E-state index contributed by atoms with van der Waals surface area (Å²) in [5, 5.41) is 8.68. The van der Waals surface area contributed by atoms with Gasteiger partial charge in [-0.1, -0.05) is 13.3 Å². The zero-order valence-corrected chi connectivity index (χ0v) is 10.7. The molecule has 2 atom stereocenters. The van der Waals surface area contributed by atoms with Crippen LogP contribution in [-0.4, -0.2) is 6.10 Å². The van der Waals surface area contributed by atoms with E-state index in [4.69, 9.17) is 10.00 Å². The molecule has 0 amide bonds. The predicted molar refractivity (Wildman–Crippen MR) is 67.8 cm³/mol. The van der Waals surface area contributed by atoms with Crippen LogP contribution in [0.2, 0.25) is 0 Å². The minimum Gasteiger partial charge on any atom is -0.490 e. The summed E-state index contributed by atoms with van der Waals surface area (Å²) in [5.74, 6) is 0.605. The molecule has 1 aliphatic carbocycles. The lowest BCUT2D eigenvalue weighted by atomic mass is 9.85. The minimum atomic E-state index is -0.501. The highest BCUT2D eigenvalue weighted by Crippen LogP contribution is 2.30. The molecule has 0 bridgehead atoms. The van der Waals surface area contributed by atoms with Crippen LogP contribution in [-0.2, 0) is 0 Å². The summed E-state index contributed by atoms with van der Waals surface area (Å²) in [6.45, 7) is 2.17. The molecule has 1 aromatic carbocycles. The summed E-state index contributed by atoms with van der Waals surface area (Å²) >= 11 is 0. The molecule has 1 aliphatic rings. The maximum absolute atomic E-state index is 13.5. The molecule has 1 aromatic rings. The fraction of sp³-hybridized carbons (Fsp3) is 0.533. The SMILES string of the molecule is CCC1CCCCC1Oc1ccc(C#N)c(F)c1. The van der Waals surface area contributed by atoms with Crippen molar-refractivity contribution in [1.82, 2.24) is 0 Å². The van der Waals surface area contributed by atoms with Gasteiger partial charge in [-0.2, -0.15) is 5.26 Å². The Morgan fingerprint density at radius 3 is 2.83 bits per heavy atom. The van der Waals surface area contributed by atoms with E-state index in [1.165, 1.54) is 31.4 Å². The lowest BCUT2D eigenvalue weighted by Gasteiger charge is -2.31. The standard InChI is InChI=1S/C15H18FNO/c1-2-11-5-3-4-6-15(11)18-13-8-7-12(10-17)14(16)9-13/h7-9,11,15H,2-6H2,1H3. The van der Waals surface area contributed by atoms with Gasteiger partial charge in [0.2, 0.25) is 0 Å². The van der Waals surface area contributed by atoms with Crippen molar-refractivity contribution in [2.24, 2.45) is 5.92 Å². The van der Waals surface area contributed by atoms with Crippen molar-refractivity contribution in [2.75, 3.05) is 0 Å². The Kier molecular flexibility index (Phi) is 4.19. The van der Waals surface area contributed by atoms with Crippen molar-refractivity contribution >= 4 is 0 Å². The molecule has 2 nitrogen and oxygen atoms in total. The molecule has 3 heteroatoms. The molecule has 1 saturated carbocycles. The molecular weight excluding hydrogens is 229 g/mol. The van der Waals surface area contributed by atoms with Gasteiger partial charge in [0.15, 0.2) is 0 Å². The average molecular weight is 247 g/mol. The molecule has 96 valence electrons. The molecule has 0 aromatic heterocycles. The highest BCUT2D eigenvalue weighted by Gasteiger charge is 2.25. The molecule has 18 heavy (non-hydrogen) atoms. The van der Waals surface area contributed by atoms with Crippen LogP contribution in [0.4, 0.5) is 4.39 Å². The summed E-state index contributed by atoms with van der Waals surface area (Å²) < 4.78 is 19.4. The van der Waals surface area contributed by atoms with Gasteiger partial charge in [-0.3, -0.25) is 0 Å². The summed E-state index contributed by atoms with van der Waals surface area (Å²) in [7, 11) is 0. The first-order valence-corrected chi connectivity index (χ1v) is 6.61.